The van der Waals surface area contributed by atoms with Gasteiger partial charge in [-0.1, -0.05) is 18.2 Å². The van der Waals surface area contributed by atoms with E-state index in [1.807, 2.05) is 30.3 Å². The highest BCUT2D eigenvalue weighted by molar-refractivity contribution is 7.90. The molecule has 1 N–H and O–H groups in total. The first-order valence-electron chi connectivity index (χ1n) is 9.06. The van der Waals surface area contributed by atoms with Crippen LogP contribution in [0.25, 0.3) is 0 Å². The van der Waals surface area contributed by atoms with Crippen molar-refractivity contribution in [3.05, 3.63) is 58.6 Å². The first kappa shape index (κ1) is 20.6. The minimum absolute atomic E-state index is 0.107. The van der Waals surface area contributed by atoms with E-state index < -0.39 is 14.8 Å². The zero-order chi connectivity index (χ0) is 21.0. The molecule has 0 aliphatic carbocycles. The Balaban J connectivity index is 1.60. The number of anilines is 2. The lowest BCUT2D eigenvalue weighted by molar-refractivity contribution is -0.384. The van der Waals surface area contributed by atoms with Crippen LogP contribution in [0.15, 0.2) is 53.4 Å². The lowest BCUT2D eigenvalue weighted by Gasteiger charge is -2.36. The Hall–Kier alpha value is -3.14. The average molecular weight is 418 g/mol. The molecule has 0 saturated carbocycles. The predicted octanol–water partition coefficient (Wildman–Crippen LogP) is 1.76. The molecule has 1 heterocycles. The molecule has 2 aromatic rings. The van der Waals surface area contributed by atoms with Crippen molar-refractivity contribution in [1.82, 2.24) is 4.90 Å². The molecule has 3 rings (SSSR count). The number of piperazine rings is 1. The molecule has 0 spiro atoms. The number of hydrogen-bond donors (Lipinski definition) is 1. The van der Waals surface area contributed by atoms with Crippen LogP contribution in [0, 0.1) is 10.1 Å². The van der Waals surface area contributed by atoms with Crippen LogP contribution in [-0.2, 0) is 14.6 Å². The molecule has 0 unspecified atom stereocenters. The van der Waals surface area contributed by atoms with Crippen molar-refractivity contribution in [2.75, 3.05) is 49.2 Å². The molecule has 1 fully saturated rings. The van der Waals surface area contributed by atoms with Gasteiger partial charge in [-0.15, -0.1) is 0 Å². The van der Waals surface area contributed by atoms with E-state index in [4.69, 9.17) is 0 Å². The monoisotopic (exact) mass is 418 g/mol. The Bertz CT molecular complexity index is 1000. The van der Waals surface area contributed by atoms with Crippen molar-refractivity contribution in [2.24, 2.45) is 0 Å². The summed E-state index contributed by atoms with van der Waals surface area (Å²) in [6.45, 7) is 2.43. The summed E-state index contributed by atoms with van der Waals surface area (Å²) in [6, 6.07) is 13.6. The van der Waals surface area contributed by atoms with Crippen molar-refractivity contribution in [1.29, 1.82) is 0 Å². The Kier molecular flexibility index (Phi) is 6.02. The molecule has 10 heteroatoms. The number of nitro groups is 1. The van der Waals surface area contributed by atoms with Crippen LogP contribution in [0.4, 0.5) is 17.1 Å². The summed E-state index contributed by atoms with van der Waals surface area (Å²) < 4.78 is 23.2. The van der Waals surface area contributed by atoms with Crippen molar-refractivity contribution in [3.8, 4) is 0 Å². The maximum Gasteiger partial charge on any atom is 0.293 e. The fourth-order valence-electron chi connectivity index (χ4n) is 3.18. The number of carbonyl (C=O) groups excluding carboxylic acids is 1. The third-order valence-electron chi connectivity index (χ3n) is 4.78. The summed E-state index contributed by atoms with van der Waals surface area (Å²) in [6.07, 6.45) is 0.984. The molecule has 29 heavy (non-hydrogen) atoms. The smallest absolute Gasteiger partial charge is 0.293 e. The summed E-state index contributed by atoms with van der Waals surface area (Å²) in [4.78, 5) is 26.9. The van der Waals surface area contributed by atoms with Crippen molar-refractivity contribution in [3.63, 3.8) is 0 Å². The predicted molar refractivity (Wildman–Crippen MR) is 110 cm³/mol. The summed E-state index contributed by atoms with van der Waals surface area (Å²) >= 11 is 0. The molecule has 0 atom stereocenters. The fourth-order valence-corrected chi connectivity index (χ4v) is 3.82. The van der Waals surface area contributed by atoms with Crippen LogP contribution in [-0.4, -0.2) is 63.1 Å². The SMILES string of the molecule is CS(=O)(=O)c1ccc(NCC(=O)N2CCN(c3ccccc3)CC2)c([N+](=O)[O-])c1. The Morgan fingerprint density at radius 3 is 2.34 bits per heavy atom. The second kappa shape index (κ2) is 8.48. The van der Waals surface area contributed by atoms with Gasteiger partial charge in [-0.3, -0.25) is 14.9 Å². The number of hydrogen-bond acceptors (Lipinski definition) is 7. The van der Waals surface area contributed by atoms with Gasteiger partial charge in [-0.05, 0) is 24.3 Å². The Morgan fingerprint density at radius 1 is 1.10 bits per heavy atom. The van der Waals surface area contributed by atoms with Crippen LogP contribution in [0.2, 0.25) is 0 Å². The largest absolute Gasteiger partial charge is 0.371 e. The zero-order valence-corrected chi connectivity index (χ0v) is 16.8. The maximum atomic E-state index is 12.5. The summed E-state index contributed by atoms with van der Waals surface area (Å²) in [5.74, 6) is -0.167. The van der Waals surface area contributed by atoms with E-state index in [9.17, 15) is 23.3 Å². The second-order valence-electron chi connectivity index (χ2n) is 6.77. The Morgan fingerprint density at radius 2 is 1.76 bits per heavy atom. The van der Waals surface area contributed by atoms with Gasteiger partial charge in [0.25, 0.3) is 5.69 Å². The number of para-hydroxylation sites is 1. The highest BCUT2D eigenvalue weighted by Crippen LogP contribution is 2.27. The molecule has 2 aromatic carbocycles. The van der Waals surface area contributed by atoms with Crippen LogP contribution >= 0.6 is 0 Å². The van der Waals surface area contributed by atoms with E-state index in [0.29, 0.717) is 26.2 Å². The van der Waals surface area contributed by atoms with E-state index in [0.717, 1.165) is 18.0 Å². The molecule has 1 amide bonds. The average Bonchev–Trinajstić information content (AvgIpc) is 2.72. The number of carbonyl (C=O) groups is 1. The number of nitrogens with zero attached hydrogens (tertiary/aromatic N) is 3. The van der Waals surface area contributed by atoms with E-state index >= 15 is 0 Å². The zero-order valence-electron chi connectivity index (χ0n) is 15.9. The standard InChI is InChI=1S/C19H22N4O5S/c1-29(27,28)16-7-8-17(18(13-16)23(25)26)20-14-19(24)22-11-9-21(10-12-22)15-5-3-2-4-6-15/h2-8,13,20H,9-12,14H2,1H3. The van der Waals surface area contributed by atoms with Gasteiger partial charge >= 0.3 is 0 Å². The third kappa shape index (κ3) is 5.02. The number of rotatable bonds is 6. The molecule has 9 nitrogen and oxygen atoms in total. The number of sulfone groups is 1. The lowest BCUT2D eigenvalue weighted by Crippen LogP contribution is -2.50. The second-order valence-corrected chi connectivity index (χ2v) is 8.78. The highest BCUT2D eigenvalue weighted by Gasteiger charge is 2.23. The van der Waals surface area contributed by atoms with Gasteiger partial charge in [-0.25, -0.2) is 8.42 Å². The third-order valence-corrected chi connectivity index (χ3v) is 5.89. The first-order valence-corrected chi connectivity index (χ1v) is 10.9. The molecule has 0 aromatic heterocycles. The molecular weight excluding hydrogens is 396 g/mol. The number of benzene rings is 2. The number of amides is 1. The first-order chi connectivity index (χ1) is 13.8. The van der Waals surface area contributed by atoms with Gasteiger partial charge in [-0.2, -0.15) is 0 Å². The number of nitro benzene ring substituents is 1. The summed E-state index contributed by atoms with van der Waals surface area (Å²) in [5, 5.41) is 14.1. The Labute approximate surface area is 169 Å². The highest BCUT2D eigenvalue weighted by atomic mass is 32.2. The van der Waals surface area contributed by atoms with Crippen LogP contribution in [0.3, 0.4) is 0 Å². The molecule has 154 valence electrons. The summed E-state index contributed by atoms with van der Waals surface area (Å²) in [7, 11) is -3.56. The molecule has 1 aliphatic rings. The minimum atomic E-state index is -3.56. The van der Waals surface area contributed by atoms with Gasteiger partial charge in [0.05, 0.1) is 16.4 Å². The van der Waals surface area contributed by atoms with Crippen LogP contribution < -0.4 is 10.2 Å². The van der Waals surface area contributed by atoms with Gasteiger partial charge in [0.2, 0.25) is 5.91 Å². The maximum absolute atomic E-state index is 12.5. The van der Waals surface area contributed by atoms with Gasteiger partial charge in [0, 0.05) is 44.2 Å². The van der Waals surface area contributed by atoms with E-state index in [2.05, 4.69) is 10.2 Å². The molecule has 0 bridgehead atoms. The summed E-state index contributed by atoms with van der Waals surface area (Å²) in [5.41, 5.74) is 0.840. The minimum Gasteiger partial charge on any atom is -0.371 e. The topological polar surface area (TPSA) is 113 Å². The van der Waals surface area contributed by atoms with Crippen molar-refractivity contribution < 1.29 is 18.1 Å². The van der Waals surface area contributed by atoms with E-state index in [-0.39, 0.29) is 28.7 Å². The van der Waals surface area contributed by atoms with Gasteiger partial charge in [0.1, 0.15) is 5.69 Å². The molecular formula is C19H22N4O5S. The quantitative estimate of drug-likeness (QED) is 0.562. The van der Waals surface area contributed by atoms with E-state index in [1.165, 1.54) is 12.1 Å². The number of nitrogens with one attached hydrogen (secondary N) is 1. The molecule has 1 saturated heterocycles. The van der Waals surface area contributed by atoms with Crippen molar-refractivity contribution in [2.45, 2.75) is 4.90 Å². The van der Waals surface area contributed by atoms with Gasteiger partial charge in [0.15, 0.2) is 9.84 Å². The van der Waals surface area contributed by atoms with Crippen LogP contribution in [0.5, 0.6) is 0 Å². The van der Waals surface area contributed by atoms with E-state index in [1.54, 1.807) is 4.90 Å². The normalized spacial score (nSPS) is 14.5. The lowest BCUT2D eigenvalue weighted by atomic mass is 10.2. The van der Waals surface area contributed by atoms with Crippen molar-refractivity contribution >= 4 is 32.8 Å². The van der Waals surface area contributed by atoms with Gasteiger partial charge < -0.3 is 15.1 Å². The molecule has 0 radical (unpaired) electrons. The molecule has 1 aliphatic heterocycles. The van der Waals surface area contributed by atoms with Crippen LogP contribution in [0.1, 0.15) is 0 Å². The fraction of sp³-hybridized carbons (Fsp3) is 0.316.